The van der Waals surface area contributed by atoms with Gasteiger partial charge in [0.05, 0.1) is 69.4 Å². The Balaban J connectivity index is 0.000000124. The lowest BCUT2D eigenvalue weighted by molar-refractivity contribution is 0.0369. The van der Waals surface area contributed by atoms with Gasteiger partial charge < -0.3 is 87.9 Å². The molecule has 22 heteroatoms. The summed E-state index contributed by atoms with van der Waals surface area (Å²) in [5, 5.41) is 31.0. The van der Waals surface area contributed by atoms with E-state index < -0.39 is 6.10 Å². The lowest BCUT2D eigenvalue weighted by atomic mass is 9.92. The number of nitrogens with one attached hydrogen (secondary N) is 3. The maximum absolute atomic E-state index is 13.0. The molecule has 0 saturated carbocycles. The van der Waals surface area contributed by atoms with Crippen molar-refractivity contribution in [1.82, 2.24) is 30.7 Å². The topological polar surface area (TPSA) is 202 Å². The minimum atomic E-state index is -0.405. The third-order valence-corrected chi connectivity index (χ3v) is 27.2. The van der Waals surface area contributed by atoms with Gasteiger partial charge >= 0.3 is 0 Å². The molecule has 0 saturated heterocycles. The second-order valence-electron chi connectivity index (χ2n) is 38.9. The average Bonchev–Trinajstić information content (AvgIpc) is 0.776. The third-order valence-electron chi connectivity index (χ3n) is 27.2. The van der Waals surface area contributed by atoms with Crippen LogP contribution in [0.4, 0.5) is 4.39 Å². The summed E-state index contributed by atoms with van der Waals surface area (Å²) in [6.07, 6.45) is 0.0296. The molecule has 11 atom stereocenters. The van der Waals surface area contributed by atoms with E-state index in [2.05, 4.69) is 240 Å². The van der Waals surface area contributed by atoms with Gasteiger partial charge in [0.2, 0.25) is 0 Å². The van der Waals surface area contributed by atoms with Crippen molar-refractivity contribution in [2.45, 2.75) is 36.9 Å². The first-order chi connectivity index (χ1) is 72.9. The fourth-order valence-corrected chi connectivity index (χ4v) is 20.1. The molecule has 0 bridgehead atoms. The summed E-state index contributed by atoms with van der Waals surface area (Å²) >= 11 is 0. The Morgan fingerprint density at radius 1 is 0.287 bits per heavy atom. The molecular formula is C128H134ClFN6O14. The molecule has 4 N–H and O–H groups in total. The monoisotopic (exact) mass is 2030 g/mol. The highest BCUT2D eigenvalue weighted by Crippen LogP contribution is 2.47. The van der Waals surface area contributed by atoms with Crippen molar-refractivity contribution < 1.29 is 71.2 Å². The van der Waals surface area contributed by atoms with Gasteiger partial charge in [0.1, 0.15) is 93.5 Å². The van der Waals surface area contributed by atoms with E-state index in [0.717, 1.165) is 168 Å². The molecule has 20 nitrogen and oxygen atoms in total. The number of aliphatic hydroxyl groups is 1. The van der Waals surface area contributed by atoms with Crippen LogP contribution in [0.2, 0.25) is 0 Å². The fourth-order valence-electron chi connectivity index (χ4n) is 20.1. The minimum Gasteiger partial charge on any atom is -0.493 e. The van der Waals surface area contributed by atoms with E-state index in [0.29, 0.717) is 58.1 Å². The Bertz CT molecular complexity index is 6930. The first kappa shape index (κ1) is 108. The molecule has 0 aromatic heterocycles. The number of carbonyl (C=O) groups is 2. The molecule has 1 unspecified atom stereocenters. The summed E-state index contributed by atoms with van der Waals surface area (Å²) in [6.45, 7) is 9.32. The third kappa shape index (κ3) is 27.2. The van der Waals surface area contributed by atoms with E-state index in [1.807, 2.05) is 212 Å². The van der Waals surface area contributed by atoms with Crippen LogP contribution in [0.3, 0.4) is 0 Å². The Labute approximate surface area is 885 Å². The van der Waals surface area contributed by atoms with Crippen molar-refractivity contribution >= 4 is 77.8 Å². The van der Waals surface area contributed by atoms with Crippen LogP contribution >= 0.6 is 12.4 Å². The van der Waals surface area contributed by atoms with E-state index in [9.17, 15) is 19.1 Å². The zero-order valence-corrected chi connectivity index (χ0v) is 87.3. The SMILES string of the molecule is CN(C)CC1COc2ccccc2C1=O.CN(C)C[C@@H]1COc2ccccc2[C@@H]1O.CN(C)C[C@@H]1COc2ccccc2[C@@H]1Oc1cccc2ccccc12.CNC[C@@H]1COc2ccccc2[C@@H]1Oc1cccc2ccccc12.CNC[C@@H]1COc2ccccc2[C@@H]1Oc1cccc2ccccc12.CNC[C@H]1COc2ccccc2[C@H]1Oc1cccc2ccccc12.Cl.Fc1cccc2ccccc12.O=C1CCOc2ccccc21. The van der Waals surface area contributed by atoms with Crippen molar-refractivity contribution in [3.63, 3.8) is 0 Å². The summed E-state index contributed by atoms with van der Waals surface area (Å²) in [5.41, 5.74) is 6.85. The summed E-state index contributed by atoms with van der Waals surface area (Å²) in [4.78, 5) is 29.5. The molecule has 0 spiro atoms. The van der Waals surface area contributed by atoms with Crippen molar-refractivity contribution in [3.05, 3.63) is 427 Å². The van der Waals surface area contributed by atoms with Crippen LogP contribution in [0.25, 0.3) is 53.9 Å². The molecule has 0 fully saturated rings. The Kier molecular flexibility index (Phi) is 38.3. The average molecular weight is 2030 g/mol. The first-order valence-electron chi connectivity index (χ1n) is 51.3. The molecule has 0 aliphatic carbocycles. The zero-order chi connectivity index (χ0) is 103. The van der Waals surface area contributed by atoms with Crippen molar-refractivity contribution in [2.24, 2.45) is 35.5 Å². The molecule has 24 rings (SSSR count). The van der Waals surface area contributed by atoms with Gasteiger partial charge in [-0.05, 0) is 175 Å². The molecule has 17 aromatic rings. The number of hydrogen-bond acceptors (Lipinski definition) is 20. The van der Waals surface area contributed by atoms with E-state index in [1.165, 1.54) is 27.6 Å². The van der Waals surface area contributed by atoms with Gasteiger partial charge in [0.25, 0.3) is 0 Å². The highest BCUT2D eigenvalue weighted by molar-refractivity contribution is 6.02. The number of rotatable bonds is 20. The predicted octanol–water partition coefficient (Wildman–Crippen LogP) is 24.9. The number of halogens is 2. The largest absolute Gasteiger partial charge is 0.493 e. The van der Waals surface area contributed by atoms with Crippen LogP contribution in [0.5, 0.6) is 63.2 Å². The second-order valence-corrected chi connectivity index (χ2v) is 38.9. The number of benzene rings is 17. The number of aliphatic hydroxyl groups excluding tert-OH is 1. The van der Waals surface area contributed by atoms with E-state index in [1.54, 1.807) is 18.2 Å². The van der Waals surface area contributed by atoms with Gasteiger partial charge in [-0.3, -0.25) is 9.59 Å². The van der Waals surface area contributed by atoms with Crippen LogP contribution in [0.1, 0.15) is 85.5 Å². The highest BCUT2D eigenvalue weighted by atomic mass is 35.5. The minimum absolute atomic E-state index is 0. The molecule has 17 aromatic carbocycles. The molecule has 7 aliphatic heterocycles. The first-order valence-corrected chi connectivity index (χ1v) is 51.3. The fraction of sp³-hybridized carbons (Fsp3) is 0.266. The van der Waals surface area contributed by atoms with E-state index in [-0.39, 0.29) is 89.7 Å². The lowest BCUT2D eigenvalue weighted by Crippen LogP contribution is -2.36. The van der Waals surface area contributed by atoms with Crippen molar-refractivity contribution in [2.75, 3.05) is 149 Å². The molecule has 0 amide bonds. The van der Waals surface area contributed by atoms with Crippen LogP contribution in [0.15, 0.2) is 382 Å². The number of fused-ring (bicyclic) bond motifs is 12. The Morgan fingerprint density at radius 2 is 0.553 bits per heavy atom. The number of ketones is 2. The number of Topliss-reactive ketones (excluding diaryl/α,β-unsaturated/α-hetero) is 2. The maximum Gasteiger partial charge on any atom is 0.174 e. The normalized spacial score (nSPS) is 19.0. The number of nitrogens with zero attached hydrogens (tertiary/aromatic N) is 3. The maximum atomic E-state index is 13.0. The van der Waals surface area contributed by atoms with Crippen LogP contribution in [-0.4, -0.2) is 180 Å². The Morgan fingerprint density at radius 3 is 0.913 bits per heavy atom. The smallest absolute Gasteiger partial charge is 0.174 e. The molecule has 7 heterocycles. The molecule has 774 valence electrons. The standard InChI is InChI=1S/C22H23NO2.3C21H21NO2.C12H17NO2.C12H15NO2.C10H7F.C9H8O2.ClH/c1-23(2)14-17-15-24-20-12-6-5-11-19(20)22(17)25-21-13-7-9-16-8-3-4-10-18(16)21;3*1-22-13-16-14-23-19-11-5-4-10-18(19)21(16)24-20-12-6-8-15-7-2-3-9-17(15)20;2*1-13(2)7-9-8-15-11-6-4-3-5-10(11)12(9)14;11-10-7-3-5-8-4-1-2-6-9(8)10;10-8-5-6-11-9-4-2-1-3-7(8)9;/h3-13,17,22H,14-15H2,1-2H3;3*2-12,16,21-22H,13-14H2,1H3;3-6,9,12,14H,7-8H2,1-2H3;3-6,9H,7-8H2,1-2H3;1-7H;1-4H,5-6H2;1H/t17-,22-;3*16-,21-;9-,12-;;;;/m11101..../s1. The van der Waals surface area contributed by atoms with Gasteiger partial charge in [0, 0.05) is 130 Å². The van der Waals surface area contributed by atoms with E-state index >= 15 is 0 Å². The van der Waals surface area contributed by atoms with Gasteiger partial charge in [-0.15, -0.1) is 12.4 Å². The number of carbonyl (C=O) groups excluding carboxylic acids is 2. The van der Waals surface area contributed by atoms with E-state index in [4.69, 9.17) is 52.1 Å². The predicted molar refractivity (Wildman–Crippen MR) is 601 cm³/mol. The molecular weight excluding hydrogens is 1900 g/mol. The summed E-state index contributed by atoms with van der Waals surface area (Å²) in [6, 6.07) is 126. The highest BCUT2D eigenvalue weighted by Gasteiger charge is 2.39. The Hall–Kier alpha value is -14.9. The van der Waals surface area contributed by atoms with Gasteiger partial charge in [-0.2, -0.15) is 0 Å². The number of hydrogen-bond donors (Lipinski definition) is 4. The molecule has 7 aliphatic rings. The second kappa shape index (κ2) is 53.3. The summed E-state index contributed by atoms with van der Waals surface area (Å²) < 4.78 is 79.4. The van der Waals surface area contributed by atoms with Crippen LogP contribution < -0.4 is 68.1 Å². The number of para-hydroxylation sites is 7. The van der Waals surface area contributed by atoms with Gasteiger partial charge in [-0.1, -0.05) is 297 Å². The number of ether oxygens (including phenoxy) is 11. The van der Waals surface area contributed by atoms with Crippen molar-refractivity contribution in [3.8, 4) is 63.2 Å². The van der Waals surface area contributed by atoms with Gasteiger partial charge in [-0.25, -0.2) is 4.39 Å². The zero-order valence-electron chi connectivity index (χ0n) is 86.5. The summed E-state index contributed by atoms with van der Waals surface area (Å²) in [7, 11) is 18.0. The van der Waals surface area contributed by atoms with Crippen LogP contribution in [0, 0.1) is 41.3 Å². The van der Waals surface area contributed by atoms with Crippen LogP contribution in [-0.2, 0) is 0 Å². The molecule has 150 heavy (non-hydrogen) atoms. The lowest BCUT2D eigenvalue weighted by Gasteiger charge is -2.35. The summed E-state index contributed by atoms with van der Waals surface area (Å²) in [5.74, 6) is 11.1. The quantitative estimate of drug-likeness (QED) is 0.0561. The molecule has 0 radical (unpaired) electrons. The van der Waals surface area contributed by atoms with Gasteiger partial charge in [0.15, 0.2) is 11.6 Å². The van der Waals surface area contributed by atoms with Crippen molar-refractivity contribution in [1.29, 1.82) is 0 Å².